The number of ketones is 1. The third-order valence-corrected chi connectivity index (χ3v) is 7.08. The van der Waals surface area contributed by atoms with Crippen molar-refractivity contribution < 1.29 is 33.4 Å². The molecular weight excluding hydrogens is 523 g/mol. The van der Waals surface area contributed by atoms with Crippen LogP contribution in [0, 0.1) is 19.7 Å². The number of aryl methyl sites for hydroxylation is 2. The number of hydrogen-bond acceptors (Lipinski definition) is 8. The zero-order valence-corrected chi connectivity index (χ0v) is 22.1. The van der Waals surface area contributed by atoms with Crippen LogP contribution >= 0.6 is 11.3 Å². The molecule has 0 bridgehead atoms. The highest BCUT2D eigenvalue weighted by Crippen LogP contribution is 2.44. The van der Waals surface area contributed by atoms with E-state index < -0.39 is 35.3 Å². The second-order valence-electron chi connectivity index (χ2n) is 8.60. The molecule has 0 radical (unpaired) electrons. The molecule has 1 aromatic heterocycles. The Kier molecular flexibility index (Phi) is 8.06. The summed E-state index contributed by atoms with van der Waals surface area (Å²) >= 11 is 0.874. The minimum atomic E-state index is -1.13. The molecule has 39 heavy (non-hydrogen) atoms. The number of Topliss-reactive ketones (excluding diaryl/α,β-unsaturated/α-hetero) is 1. The molecule has 1 aliphatic rings. The van der Waals surface area contributed by atoms with Crippen LogP contribution in [0.5, 0.6) is 5.75 Å². The average Bonchev–Trinajstić information content (AvgIpc) is 3.43. The van der Waals surface area contributed by atoms with Gasteiger partial charge in [0.25, 0.3) is 5.78 Å². The normalized spacial score (nSPS) is 16.3. The summed E-state index contributed by atoms with van der Waals surface area (Å²) in [4.78, 5) is 44.9. The third kappa shape index (κ3) is 5.37. The zero-order valence-electron chi connectivity index (χ0n) is 21.3. The van der Waals surface area contributed by atoms with Crippen LogP contribution in [-0.2, 0) is 14.3 Å². The van der Waals surface area contributed by atoms with Crippen molar-refractivity contribution in [3.8, 4) is 5.75 Å². The summed E-state index contributed by atoms with van der Waals surface area (Å²) in [5.41, 5.74) is 1.44. The van der Waals surface area contributed by atoms with Crippen LogP contribution < -0.4 is 9.64 Å². The minimum absolute atomic E-state index is 0.0115. The lowest BCUT2D eigenvalue weighted by atomic mass is 9.95. The van der Waals surface area contributed by atoms with Gasteiger partial charge in [-0.2, -0.15) is 0 Å². The van der Waals surface area contributed by atoms with Gasteiger partial charge in [0.05, 0.1) is 17.3 Å². The van der Waals surface area contributed by atoms with Gasteiger partial charge in [-0.05, 0) is 55.3 Å². The second-order valence-corrected chi connectivity index (χ2v) is 9.58. The van der Waals surface area contributed by atoms with Crippen LogP contribution in [0.15, 0.2) is 73.3 Å². The molecule has 1 saturated heterocycles. The minimum Gasteiger partial charge on any atom is -0.507 e. The molecule has 0 spiro atoms. The Hall–Kier alpha value is -4.57. The Bertz CT molecular complexity index is 1510. The molecule has 200 valence electrons. The van der Waals surface area contributed by atoms with Gasteiger partial charge in [0.15, 0.2) is 5.13 Å². The van der Waals surface area contributed by atoms with Gasteiger partial charge >= 0.3 is 11.9 Å². The monoisotopic (exact) mass is 548 g/mol. The molecular formula is C29H25FN2O6S. The number of amides is 1. The van der Waals surface area contributed by atoms with Crippen molar-refractivity contribution in [3.05, 3.63) is 106 Å². The Morgan fingerprint density at radius 3 is 2.46 bits per heavy atom. The molecule has 10 heteroatoms. The Labute approximate surface area is 228 Å². The van der Waals surface area contributed by atoms with E-state index in [9.17, 15) is 23.9 Å². The predicted octanol–water partition coefficient (Wildman–Crippen LogP) is 5.43. The lowest BCUT2D eigenvalue weighted by Gasteiger charge is -2.23. The van der Waals surface area contributed by atoms with Gasteiger partial charge in [-0.3, -0.25) is 14.5 Å². The Morgan fingerprint density at radius 1 is 1.13 bits per heavy atom. The van der Waals surface area contributed by atoms with E-state index in [1.54, 1.807) is 38.1 Å². The first kappa shape index (κ1) is 27.5. The maximum Gasteiger partial charge on any atom is 0.350 e. The molecule has 0 aliphatic carbocycles. The summed E-state index contributed by atoms with van der Waals surface area (Å²) in [6.07, 6.45) is 3.02. The first-order valence-corrected chi connectivity index (χ1v) is 12.7. The summed E-state index contributed by atoms with van der Waals surface area (Å²) in [6, 6.07) is 8.92. The molecule has 1 N–H and O–H groups in total. The summed E-state index contributed by atoms with van der Waals surface area (Å²) in [6.45, 7) is 10.8. The molecule has 4 rings (SSSR count). The lowest BCUT2D eigenvalue weighted by Crippen LogP contribution is -2.29. The molecule has 1 fully saturated rings. The highest BCUT2D eigenvalue weighted by molar-refractivity contribution is 7.17. The van der Waals surface area contributed by atoms with Gasteiger partial charge in [-0.15, -0.1) is 0 Å². The zero-order chi connectivity index (χ0) is 28.3. The average molecular weight is 549 g/mol. The maximum atomic E-state index is 13.8. The first-order chi connectivity index (χ1) is 18.7. The lowest BCUT2D eigenvalue weighted by molar-refractivity contribution is -0.132. The van der Waals surface area contributed by atoms with Gasteiger partial charge < -0.3 is 14.6 Å². The van der Waals surface area contributed by atoms with Crippen molar-refractivity contribution in [2.45, 2.75) is 19.9 Å². The smallest absolute Gasteiger partial charge is 0.350 e. The fourth-order valence-corrected chi connectivity index (χ4v) is 5.12. The quantitative estimate of drug-likeness (QED) is 0.125. The van der Waals surface area contributed by atoms with Crippen LogP contribution in [0.2, 0.25) is 0 Å². The van der Waals surface area contributed by atoms with E-state index in [1.165, 1.54) is 30.3 Å². The number of carbonyl (C=O) groups excluding carboxylic acids is 3. The van der Waals surface area contributed by atoms with Crippen LogP contribution in [0.4, 0.5) is 9.52 Å². The van der Waals surface area contributed by atoms with Crippen molar-refractivity contribution in [3.63, 3.8) is 0 Å². The number of carbonyl (C=O) groups is 3. The number of thiazole rings is 1. The molecule has 1 amide bonds. The first-order valence-electron chi connectivity index (χ1n) is 11.8. The van der Waals surface area contributed by atoms with Gasteiger partial charge in [0.2, 0.25) is 0 Å². The highest BCUT2D eigenvalue weighted by atomic mass is 32.1. The van der Waals surface area contributed by atoms with E-state index in [0.29, 0.717) is 22.6 Å². The number of hydrogen-bond donors (Lipinski definition) is 1. The number of benzene rings is 2. The van der Waals surface area contributed by atoms with E-state index in [1.807, 2.05) is 0 Å². The van der Waals surface area contributed by atoms with Gasteiger partial charge in [-0.25, -0.2) is 14.2 Å². The molecule has 3 aromatic rings. The number of esters is 1. The number of nitrogens with zero attached hydrogens (tertiary/aromatic N) is 2. The number of aliphatic hydroxyl groups is 1. The van der Waals surface area contributed by atoms with E-state index in [-0.39, 0.29) is 34.4 Å². The fraction of sp³-hybridized carbons (Fsp3) is 0.172. The van der Waals surface area contributed by atoms with Crippen molar-refractivity contribution >= 4 is 39.9 Å². The van der Waals surface area contributed by atoms with E-state index in [2.05, 4.69) is 18.1 Å². The maximum absolute atomic E-state index is 13.8. The molecule has 8 nitrogen and oxygen atoms in total. The van der Waals surface area contributed by atoms with Crippen molar-refractivity contribution in [2.75, 3.05) is 18.1 Å². The molecule has 1 atom stereocenters. The molecule has 1 aliphatic heterocycles. The second kappa shape index (κ2) is 11.4. The van der Waals surface area contributed by atoms with Crippen LogP contribution in [0.3, 0.4) is 0 Å². The van der Waals surface area contributed by atoms with E-state index in [4.69, 9.17) is 9.47 Å². The molecule has 2 aromatic carbocycles. The Morgan fingerprint density at radius 2 is 1.82 bits per heavy atom. The number of halogens is 1. The van der Waals surface area contributed by atoms with Crippen LogP contribution in [0.1, 0.15) is 38.1 Å². The number of ether oxygens (including phenoxy) is 2. The number of aromatic nitrogens is 1. The summed E-state index contributed by atoms with van der Waals surface area (Å²) in [5.74, 6) is -2.92. The van der Waals surface area contributed by atoms with E-state index >= 15 is 0 Å². The van der Waals surface area contributed by atoms with Crippen molar-refractivity contribution in [1.82, 2.24) is 4.98 Å². The molecule has 0 saturated carbocycles. The van der Waals surface area contributed by atoms with E-state index in [0.717, 1.165) is 16.2 Å². The van der Waals surface area contributed by atoms with Gasteiger partial charge in [-0.1, -0.05) is 48.8 Å². The number of anilines is 1. The third-order valence-electron chi connectivity index (χ3n) is 5.94. The van der Waals surface area contributed by atoms with Crippen molar-refractivity contribution in [1.29, 1.82) is 0 Å². The van der Waals surface area contributed by atoms with Crippen LogP contribution in [0.25, 0.3) is 5.76 Å². The largest absolute Gasteiger partial charge is 0.507 e. The van der Waals surface area contributed by atoms with Crippen molar-refractivity contribution in [2.24, 2.45) is 0 Å². The summed E-state index contributed by atoms with van der Waals surface area (Å²) in [7, 11) is 0. The summed E-state index contributed by atoms with van der Waals surface area (Å²) < 4.78 is 24.5. The number of aliphatic hydroxyl groups excluding tert-OH is 1. The van der Waals surface area contributed by atoms with Gasteiger partial charge in [0, 0.05) is 5.56 Å². The summed E-state index contributed by atoms with van der Waals surface area (Å²) in [5, 5.41) is 11.4. The topological polar surface area (TPSA) is 106 Å². The molecule has 2 heterocycles. The standard InChI is InChI=1S/C29H25FN2O6S/c1-5-13-37-21-12-9-19(15-16(21)3)24(33)22-23(18-7-10-20(30)11-8-18)32(27(35)25(22)34)29-31-17(4)26(39-29)28(36)38-14-6-2/h5-12,15,23,33H,1-2,13-14H2,3-4H3. The fourth-order valence-electron chi connectivity index (χ4n) is 4.13. The SMILES string of the molecule is C=CCOC(=O)c1sc(N2C(=O)C(=O)C(=C(O)c3ccc(OCC=C)c(C)c3)C2c2ccc(F)cc2)nc1C. The predicted molar refractivity (Wildman–Crippen MR) is 145 cm³/mol. The molecule has 1 unspecified atom stereocenters. The van der Waals surface area contributed by atoms with Crippen LogP contribution in [-0.4, -0.2) is 41.0 Å². The van der Waals surface area contributed by atoms with Gasteiger partial charge in [0.1, 0.15) is 35.4 Å². The number of rotatable bonds is 9. The Balaban J connectivity index is 1.85. The highest BCUT2D eigenvalue weighted by Gasteiger charge is 2.48.